The number of rotatable bonds is 3. The molecule has 0 aliphatic carbocycles. The van der Waals surface area contributed by atoms with Crippen molar-refractivity contribution in [1.29, 1.82) is 0 Å². The Morgan fingerprint density at radius 3 is 2.58 bits per heavy atom. The molecule has 1 fully saturated rings. The number of piperidine rings is 1. The van der Waals surface area contributed by atoms with Crippen molar-refractivity contribution >= 4 is 40.6 Å². The van der Waals surface area contributed by atoms with Crippen LogP contribution in [0.1, 0.15) is 48.8 Å². The van der Waals surface area contributed by atoms with Crippen LogP contribution >= 0.6 is 23.7 Å². The van der Waals surface area contributed by atoms with Crippen molar-refractivity contribution in [2.24, 2.45) is 5.41 Å². The molecule has 1 saturated heterocycles. The van der Waals surface area contributed by atoms with Crippen molar-refractivity contribution < 1.29 is 9.59 Å². The van der Waals surface area contributed by atoms with Gasteiger partial charge in [-0.1, -0.05) is 20.8 Å². The molecule has 2 rings (SSSR count). The Morgan fingerprint density at radius 2 is 2.00 bits per heavy atom. The van der Waals surface area contributed by atoms with Gasteiger partial charge in [0.05, 0.1) is 9.88 Å². The molecular formula is C17H28ClN3O2S. The van der Waals surface area contributed by atoms with Crippen LogP contribution in [-0.2, 0) is 4.79 Å². The Kier molecular flexibility index (Phi) is 7.25. The minimum absolute atomic E-state index is 0. The van der Waals surface area contributed by atoms with E-state index in [1.807, 2.05) is 45.7 Å². The monoisotopic (exact) mass is 373 g/mol. The topological polar surface area (TPSA) is 61.4 Å². The van der Waals surface area contributed by atoms with E-state index in [4.69, 9.17) is 0 Å². The number of likely N-dealkylation sites (tertiary alicyclic amines) is 1. The maximum atomic E-state index is 12.8. The highest BCUT2D eigenvalue weighted by molar-refractivity contribution is 7.18. The number of thiophene rings is 1. The smallest absolute Gasteiger partial charge is 0.264 e. The number of nitrogens with zero attached hydrogens (tertiary/aromatic N) is 1. The van der Waals surface area contributed by atoms with E-state index in [1.165, 1.54) is 11.3 Å². The molecule has 136 valence electrons. The highest BCUT2D eigenvalue weighted by Crippen LogP contribution is 2.30. The van der Waals surface area contributed by atoms with E-state index in [0.29, 0.717) is 6.04 Å². The first-order valence-electron chi connectivity index (χ1n) is 8.11. The van der Waals surface area contributed by atoms with Gasteiger partial charge in [-0.25, -0.2) is 0 Å². The fourth-order valence-corrected chi connectivity index (χ4v) is 3.63. The van der Waals surface area contributed by atoms with Crippen molar-refractivity contribution in [1.82, 2.24) is 10.2 Å². The lowest BCUT2D eigenvalue weighted by Gasteiger charge is -2.32. The Morgan fingerprint density at radius 1 is 1.33 bits per heavy atom. The van der Waals surface area contributed by atoms with Gasteiger partial charge in [0.25, 0.3) is 5.91 Å². The number of carbonyl (C=O) groups is 2. The zero-order valence-corrected chi connectivity index (χ0v) is 16.7. The van der Waals surface area contributed by atoms with Gasteiger partial charge < -0.3 is 15.5 Å². The number of likely N-dealkylation sites (N-methyl/N-ethyl adjacent to an activating group) is 1. The Hall–Kier alpha value is -1.11. The van der Waals surface area contributed by atoms with E-state index in [1.54, 1.807) is 0 Å². The molecular weight excluding hydrogens is 346 g/mol. The number of aryl methyl sites for hydroxylation is 1. The van der Waals surface area contributed by atoms with Crippen LogP contribution in [0.15, 0.2) is 6.07 Å². The second kappa shape index (κ2) is 8.32. The Labute approximate surface area is 154 Å². The number of carbonyl (C=O) groups excluding carboxylic acids is 2. The lowest BCUT2D eigenvalue weighted by Crippen LogP contribution is -2.46. The lowest BCUT2D eigenvalue weighted by molar-refractivity contribution is -0.123. The molecule has 0 spiro atoms. The van der Waals surface area contributed by atoms with Gasteiger partial charge >= 0.3 is 0 Å². The minimum Gasteiger partial charge on any atom is -0.336 e. The molecule has 0 saturated carbocycles. The van der Waals surface area contributed by atoms with Crippen LogP contribution in [0.4, 0.5) is 5.00 Å². The fourth-order valence-electron chi connectivity index (χ4n) is 2.60. The van der Waals surface area contributed by atoms with Gasteiger partial charge in [-0.3, -0.25) is 9.59 Å². The summed E-state index contributed by atoms with van der Waals surface area (Å²) >= 11 is 1.37. The molecule has 1 aliphatic rings. The predicted octanol–water partition coefficient (Wildman–Crippen LogP) is 3.29. The maximum Gasteiger partial charge on any atom is 0.264 e. The van der Waals surface area contributed by atoms with Crippen LogP contribution in [0, 0.1) is 12.3 Å². The number of hydrogen-bond acceptors (Lipinski definition) is 4. The molecule has 0 bridgehead atoms. The predicted molar refractivity (Wildman–Crippen MR) is 102 cm³/mol. The first-order chi connectivity index (χ1) is 10.7. The molecule has 0 radical (unpaired) electrons. The van der Waals surface area contributed by atoms with Gasteiger partial charge in [-0.05, 0) is 38.4 Å². The maximum absolute atomic E-state index is 12.8. The average Bonchev–Trinajstić information content (AvgIpc) is 2.86. The summed E-state index contributed by atoms with van der Waals surface area (Å²) in [5.41, 5.74) is 0.477. The molecule has 2 amide bonds. The number of nitrogens with one attached hydrogen (secondary N) is 2. The van der Waals surface area contributed by atoms with E-state index in [0.717, 1.165) is 41.4 Å². The third kappa shape index (κ3) is 4.94. The lowest BCUT2D eigenvalue weighted by atomic mass is 9.96. The van der Waals surface area contributed by atoms with E-state index in [2.05, 4.69) is 10.6 Å². The summed E-state index contributed by atoms with van der Waals surface area (Å²) in [5.74, 6) is 0.0367. The van der Waals surface area contributed by atoms with Gasteiger partial charge in [0.2, 0.25) is 5.91 Å². The standard InChI is InChI=1S/C17H27N3O2S.ClH/c1-11-9-13(19-16(22)17(2,3)4)23-14(11)15(21)20-8-6-7-12(10-20)18-5;/h9,12,18H,6-8,10H2,1-5H3,(H,19,22);1H. The SMILES string of the molecule is CNC1CCCN(C(=O)c2sc(NC(=O)C(C)(C)C)cc2C)C1.Cl. The summed E-state index contributed by atoms with van der Waals surface area (Å²) in [6.07, 6.45) is 2.13. The molecule has 24 heavy (non-hydrogen) atoms. The first-order valence-corrected chi connectivity index (χ1v) is 8.92. The molecule has 2 N–H and O–H groups in total. The highest BCUT2D eigenvalue weighted by atomic mass is 35.5. The molecule has 7 heteroatoms. The molecule has 1 unspecified atom stereocenters. The van der Waals surface area contributed by atoms with Crippen molar-refractivity contribution in [3.05, 3.63) is 16.5 Å². The summed E-state index contributed by atoms with van der Waals surface area (Å²) in [4.78, 5) is 27.5. The highest BCUT2D eigenvalue weighted by Gasteiger charge is 2.27. The van der Waals surface area contributed by atoms with Crippen LogP contribution < -0.4 is 10.6 Å². The van der Waals surface area contributed by atoms with Gasteiger partial charge in [-0.15, -0.1) is 23.7 Å². The summed E-state index contributed by atoms with van der Waals surface area (Å²) < 4.78 is 0. The van der Waals surface area contributed by atoms with Crippen molar-refractivity contribution in [3.8, 4) is 0 Å². The quantitative estimate of drug-likeness (QED) is 0.854. The number of halogens is 1. The van der Waals surface area contributed by atoms with Crippen LogP contribution in [-0.4, -0.2) is 42.9 Å². The third-order valence-corrected chi connectivity index (χ3v) is 5.29. The molecule has 1 aromatic heterocycles. The first kappa shape index (κ1) is 20.9. The zero-order chi connectivity index (χ0) is 17.2. The average molecular weight is 374 g/mol. The van der Waals surface area contributed by atoms with Gasteiger partial charge in [0.15, 0.2) is 0 Å². The van der Waals surface area contributed by atoms with Crippen LogP contribution in [0.25, 0.3) is 0 Å². The van der Waals surface area contributed by atoms with E-state index in [-0.39, 0.29) is 24.2 Å². The van der Waals surface area contributed by atoms with Gasteiger partial charge in [0.1, 0.15) is 0 Å². The molecule has 1 aromatic rings. The zero-order valence-electron chi connectivity index (χ0n) is 15.1. The van der Waals surface area contributed by atoms with E-state index < -0.39 is 5.41 Å². The van der Waals surface area contributed by atoms with Crippen LogP contribution in [0.3, 0.4) is 0 Å². The van der Waals surface area contributed by atoms with Crippen LogP contribution in [0.5, 0.6) is 0 Å². The number of anilines is 1. The molecule has 1 atom stereocenters. The summed E-state index contributed by atoms with van der Waals surface area (Å²) in [6, 6.07) is 2.26. The fraction of sp³-hybridized carbons (Fsp3) is 0.647. The summed E-state index contributed by atoms with van der Waals surface area (Å²) in [5, 5.41) is 6.92. The Balaban J connectivity index is 0.00000288. The van der Waals surface area contributed by atoms with Crippen molar-refractivity contribution in [3.63, 3.8) is 0 Å². The van der Waals surface area contributed by atoms with Gasteiger partial charge in [-0.2, -0.15) is 0 Å². The van der Waals surface area contributed by atoms with E-state index in [9.17, 15) is 9.59 Å². The van der Waals surface area contributed by atoms with E-state index >= 15 is 0 Å². The van der Waals surface area contributed by atoms with Gasteiger partial charge in [0, 0.05) is 24.5 Å². The molecule has 2 heterocycles. The normalized spacial score (nSPS) is 18.0. The Bertz CT molecular complexity index is 595. The second-order valence-corrected chi connectivity index (χ2v) is 8.26. The van der Waals surface area contributed by atoms with Crippen LogP contribution in [0.2, 0.25) is 0 Å². The minimum atomic E-state index is -0.449. The number of amides is 2. The number of hydrogen-bond donors (Lipinski definition) is 2. The van der Waals surface area contributed by atoms with Crippen molar-refractivity contribution in [2.75, 3.05) is 25.5 Å². The molecule has 1 aliphatic heterocycles. The molecule has 0 aromatic carbocycles. The summed E-state index contributed by atoms with van der Waals surface area (Å²) in [7, 11) is 1.94. The molecule has 5 nitrogen and oxygen atoms in total. The van der Waals surface area contributed by atoms with Crippen molar-refractivity contribution in [2.45, 2.75) is 46.6 Å². The summed E-state index contributed by atoms with van der Waals surface area (Å²) in [6.45, 7) is 9.10. The largest absolute Gasteiger partial charge is 0.336 e. The third-order valence-electron chi connectivity index (χ3n) is 4.15. The second-order valence-electron chi connectivity index (χ2n) is 7.21.